The fourth-order valence-corrected chi connectivity index (χ4v) is 2.56. The highest BCUT2D eigenvalue weighted by molar-refractivity contribution is 14.1. The lowest BCUT2D eigenvalue weighted by Gasteiger charge is -2.08. The lowest BCUT2D eigenvalue weighted by Crippen LogP contribution is -2.17. The van der Waals surface area contributed by atoms with Crippen molar-refractivity contribution in [2.24, 2.45) is 5.73 Å². The van der Waals surface area contributed by atoms with Gasteiger partial charge in [-0.15, -0.1) is 11.6 Å². The van der Waals surface area contributed by atoms with Crippen molar-refractivity contribution >= 4 is 51.3 Å². The molecule has 1 aromatic heterocycles. The smallest absolute Gasteiger partial charge is 0.404 e. The van der Waals surface area contributed by atoms with Crippen molar-refractivity contribution in [2.45, 2.75) is 13.0 Å². The van der Waals surface area contributed by atoms with E-state index in [0.29, 0.717) is 18.8 Å². The largest absolute Gasteiger partial charge is 0.448 e. The first-order valence-corrected chi connectivity index (χ1v) is 7.36. The first kappa shape index (κ1) is 14.4. The number of nitrogens with two attached hydrogens (primary N) is 1. The second-order valence-electron chi connectivity index (χ2n) is 3.92. The molecule has 2 N–H and O–H groups in total. The number of imidazole rings is 1. The van der Waals surface area contributed by atoms with Crippen molar-refractivity contribution < 1.29 is 9.53 Å². The summed E-state index contributed by atoms with van der Waals surface area (Å²) in [4.78, 5) is 15.2. The predicted molar refractivity (Wildman–Crippen MR) is 82.4 cm³/mol. The highest BCUT2D eigenvalue weighted by Gasteiger charge is 2.11. The number of halogens is 2. The zero-order chi connectivity index (χ0) is 13.8. The van der Waals surface area contributed by atoms with Crippen molar-refractivity contribution in [3.05, 3.63) is 27.6 Å². The third kappa shape index (κ3) is 3.50. The Labute approximate surface area is 129 Å². The molecule has 1 aromatic carbocycles. The number of benzene rings is 1. The number of rotatable bonds is 5. The third-order valence-corrected chi connectivity index (χ3v) is 3.53. The lowest BCUT2D eigenvalue weighted by molar-refractivity contribution is 0.152. The van der Waals surface area contributed by atoms with Gasteiger partial charge in [-0.25, -0.2) is 9.78 Å². The van der Waals surface area contributed by atoms with E-state index in [4.69, 9.17) is 22.1 Å². The summed E-state index contributed by atoms with van der Waals surface area (Å²) in [5, 5.41) is 0. The Morgan fingerprint density at radius 3 is 3.00 bits per heavy atom. The Morgan fingerprint density at radius 2 is 2.32 bits per heavy atom. The molecule has 0 atom stereocenters. The Hall–Kier alpha value is -1.02. The third-order valence-electron chi connectivity index (χ3n) is 2.67. The highest BCUT2D eigenvalue weighted by atomic mass is 127. The second kappa shape index (κ2) is 6.42. The summed E-state index contributed by atoms with van der Waals surface area (Å²) in [6, 6.07) is 6.03. The van der Waals surface area contributed by atoms with Gasteiger partial charge in [0.1, 0.15) is 12.4 Å². The molecule has 1 heterocycles. The van der Waals surface area contributed by atoms with E-state index in [-0.39, 0.29) is 6.61 Å². The van der Waals surface area contributed by atoms with E-state index in [1.54, 1.807) is 0 Å². The minimum absolute atomic E-state index is 0.224. The Morgan fingerprint density at radius 1 is 1.53 bits per heavy atom. The van der Waals surface area contributed by atoms with Gasteiger partial charge in [0.2, 0.25) is 0 Å². The average molecular weight is 394 g/mol. The maximum absolute atomic E-state index is 10.6. The van der Waals surface area contributed by atoms with E-state index in [1.165, 1.54) is 0 Å². The van der Waals surface area contributed by atoms with Crippen molar-refractivity contribution in [3.8, 4) is 0 Å². The maximum Gasteiger partial charge on any atom is 0.404 e. The van der Waals surface area contributed by atoms with E-state index in [1.807, 2.05) is 22.8 Å². The normalized spacial score (nSPS) is 10.8. The van der Waals surface area contributed by atoms with Gasteiger partial charge in [0.25, 0.3) is 0 Å². The molecule has 0 aliphatic carbocycles. The highest BCUT2D eigenvalue weighted by Crippen LogP contribution is 2.19. The average Bonchev–Trinajstić information content (AvgIpc) is 2.66. The summed E-state index contributed by atoms with van der Waals surface area (Å²) < 4.78 is 7.91. The van der Waals surface area contributed by atoms with Crippen LogP contribution in [0, 0.1) is 3.57 Å². The number of carbonyl (C=O) groups excluding carboxylic acids is 1. The van der Waals surface area contributed by atoms with Crippen molar-refractivity contribution in [1.29, 1.82) is 0 Å². The number of alkyl halides is 1. The van der Waals surface area contributed by atoms with Crippen molar-refractivity contribution in [1.82, 2.24) is 9.55 Å². The number of hydrogen-bond donors (Lipinski definition) is 1. The Bertz CT molecular complexity index is 600. The summed E-state index contributed by atoms with van der Waals surface area (Å²) in [6.07, 6.45) is -0.0958. The molecule has 7 heteroatoms. The van der Waals surface area contributed by atoms with Gasteiger partial charge in [-0.05, 0) is 40.8 Å². The van der Waals surface area contributed by atoms with Gasteiger partial charge >= 0.3 is 6.09 Å². The number of hydrogen-bond acceptors (Lipinski definition) is 3. The molecule has 0 unspecified atom stereocenters. The zero-order valence-electron chi connectivity index (χ0n) is 10.1. The molecule has 2 rings (SSSR count). The maximum atomic E-state index is 10.6. The molecule has 102 valence electrons. The first-order chi connectivity index (χ1) is 9.11. The van der Waals surface area contributed by atoms with Gasteiger partial charge in [-0.3, -0.25) is 0 Å². The van der Waals surface area contributed by atoms with E-state index in [2.05, 4.69) is 27.6 Å². The van der Waals surface area contributed by atoms with E-state index in [9.17, 15) is 4.79 Å². The topological polar surface area (TPSA) is 70.1 Å². The standard InChI is InChI=1S/C12H13ClIN3O2/c13-4-3-11-16-9-7-8(14)1-2-10(9)17(11)5-6-19-12(15)18/h1-2,7H,3-6H2,(H2,15,18). The van der Waals surface area contributed by atoms with Gasteiger partial charge in [0.05, 0.1) is 17.6 Å². The number of ether oxygens (including phenoxy) is 1. The molecular weight excluding hydrogens is 381 g/mol. The number of aryl methyl sites for hydroxylation is 1. The molecule has 0 saturated heterocycles. The van der Waals surface area contributed by atoms with Crippen LogP contribution in [0.15, 0.2) is 18.2 Å². The number of fused-ring (bicyclic) bond motifs is 1. The zero-order valence-corrected chi connectivity index (χ0v) is 13.0. The number of nitrogens with zero attached hydrogens (tertiary/aromatic N) is 2. The first-order valence-electron chi connectivity index (χ1n) is 5.74. The Kier molecular flexibility index (Phi) is 4.87. The van der Waals surface area contributed by atoms with Crippen LogP contribution in [-0.4, -0.2) is 28.1 Å². The van der Waals surface area contributed by atoms with Crippen LogP contribution in [0.2, 0.25) is 0 Å². The molecule has 0 bridgehead atoms. The van der Waals surface area contributed by atoms with Crippen LogP contribution in [0.4, 0.5) is 4.79 Å². The van der Waals surface area contributed by atoms with E-state index >= 15 is 0 Å². The fraction of sp³-hybridized carbons (Fsp3) is 0.333. The summed E-state index contributed by atoms with van der Waals surface area (Å²) in [5.74, 6) is 1.39. The lowest BCUT2D eigenvalue weighted by atomic mass is 10.3. The molecule has 0 radical (unpaired) electrons. The molecule has 0 spiro atoms. The summed E-state index contributed by atoms with van der Waals surface area (Å²) in [5.41, 5.74) is 6.88. The molecule has 19 heavy (non-hydrogen) atoms. The second-order valence-corrected chi connectivity index (χ2v) is 5.54. The fourth-order valence-electron chi connectivity index (χ4n) is 1.92. The molecule has 0 fully saturated rings. The van der Waals surface area contributed by atoms with Crippen LogP contribution in [0.3, 0.4) is 0 Å². The van der Waals surface area contributed by atoms with Gasteiger partial charge < -0.3 is 15.0 Å². The predicted octanol–water partition coefficient (Wildman–Crippen LogP) is 2.52. The van der Waals surface area contributed by atoms with E-state index in [0.717, 1.165) is 20.4 Å². The number of carbonyl (C=O) groups is 1. The SMILES string of the molecule is NC(=O)OCCn1c(CCCl)nc2cc(I)ccc21. The monoisotopic (exact) mass is 393 g/mol. The minimum Gasteiger partial charge on any atom is -0.448 e. The van der Waals surface area contributed by atoms with Crippen LogP contribution in [0.1, 0.15) is 5.82 Å². The Balaban J connectivity index is 2.31. The van der Waals surface area contributed by atoms with Gasteiger partial charge in [-0.2, -0.15) is 0 Å². The molecule has 2 aromatic rings. The number of aromatic nitrogens is 2. The van der Waals surface area contributed by atoms with Crippen LogP contribution in [0.5, 0.6) is 0 Å². The summed E-state index contributed by atoms with van der Waals surface area (Å²) in [6.45, 7) is 0.744. The summed E-state index contributed by atoms with van der Waals surface area (Å²) in [7, 11) is 0. The molecule has 1 amide bonds. The van der Waals surface area contributed by atoms with Gasteiger partial charge in [0.15, 0.2) is 0 Å². The van der Waals surface area contributed by atoms with Gasteiger partial charge in [0, 0.05) is 15.9 Å². The summed E-state index contributed by atoms with van der Waals surface area (Å²) >= 11 is 8.04. The van der Waals surface area contributed by atoms with Crippen LogP contribution in [0.25, 0.3) is 11.0 Å². The van der Waals surface area contributed by atoms with Crippen LogP contribution < -0.4 is 5.73 Å². The van der Waals surface area contributed by atoms with Gasteiger partial charge in [-0.1, -0.05) is 0 Å². The van der Waals surface area contributed by atoms with Crippen molar-refractivity contribution in [2.75, 3.05) is 12.5 Å². The number of primary amides is 1. The molecular formula is C12H13ClIN3O2. The van der Waals surface area contributed by atoms with E-state index < -0.39 is 6.09 Å². The minimum atomic E-state index is -0.766. The quantitative estimate of drug-likeness (QED) is 0.627. The molecule has 0 aliphatic rings. The van der Waals surface area contributed by atoms with Crippen LogP contribution >= 0.6 is 34.2 Å². The van der Waals surface area contributed by atoms with Crippen molar-refractivity contribution in [3.63, 3.8) is 0 Å². The molecule has 5 nitrogen and oxygen atoms in total. The number of amides is 1. The molecule has 0 aliphatic heterocycles. The molecule has 0 saturated carbocycles. The van der Waals surface area contributed by atoms with Crippen LogP contribution in [-0.2, 0) is 17.7 Å².